The Kier molecular flexibility index (Phi) is 10.3. The number of aromatic nitrogens is 3. The van der Waals surface area contributed by atoms with Crippen LogP contribution in [0, 0.1) is 18.6 Å². The number of nitrogen functional groups attached to an aromatic ring is 1. The highest BCUT2D eigenvalue weighted by Crippen LogP contribution is 2.38. The van der Waals surface area contributed by atoms with Crippen molar-refractivity contribution in [3.8, 4) is 17.0 Å². The summed E-state index contributed by atoms with van der Waals surface area (Å²) in [5.41, 5.74) is 9.20. The van der Waals surface area contributed by atoms with Crippen LogP contribution in [0.4, 0.5) is 30.4 Å². The van der Waals surface area contributed by atoms with Crippen molar-refractivity contribution in [2.45, 2.75) is 63.1 Å². The molecule has 3 saturated heterocycles. The van der Waals surface area contributed by atoms with Crippen LogP contribution in [0.1, 0.15) is 74.7 Å². The number of phenols is 1. The zero-order valence-electron chi connectivity index (χ0n) is 35.7. The number of phenolic OH excluding ortho intramolecular Hbond substituents is 1. The number of hydrogen-bond acceptors (Lipinski definition) is 9. The Hall–Kier alpha value is -5.60. The molecule has 0 spiro atoms. The lowest BCUT2D eigenvalue weighted by molar-refractivity contribution is 0.0158. The van der Waals surface area contributed by atoms with Gasteiger partial charge in [0.15, 0.2) is 5.82 Å². The lowest BCUT2D eigenvalue weighted by Gasteiger charge is -2.41. The maximum absolute atomic E-state index is 16.4. The molecule has 0 aliphatic carbocycles. The first-order chi connectivity index (χ1) is 29.8. The van der Waals surface area contributed by atoms with Crippen LogP contribution in [0.5, 0.6) is 5.75 Å². The van der Waals surface area contributed by atoms with Gasteiger partial charge in [0, 0.05) is 124 Å². The highest BCUT2D eigenvalue weighted by atomic mass is 19.1. The molecule has 4 N–H and O–H groups in total. The third-order valence-electron chi connectivity index (χ3n) is 12.8. The highest BCUT2D eigenvalue weighted by Gasteiger charge is 2.39. The second-order valence-corrected chi connectivity index (χ2v) is 16.7. The summed E-state index contributed by atoms with van der Waals surface area (Å²) >= 11 is 0. The van der Waals surface area contributed by atoms with Gasteiger partial charge in [-0.05, 0) is 86.7 Å². The van der Waals surface area contributed by atoms with Crippen molar-refractivity contribution in [1.82, 2.24) is 29.9 Å². The van der Waals surface area contributed by atoms with Crippen LogP contribution in [0.15, 0.2) is 79.1 Å². The van der Waals surface area contributed by atoms with E-state index in [0.717, 1.165) is 60.2 Å². The number of carbonyl (C=O) groups excluding carboxylic acids is 1. The molecule has 3 aromatic carbocycles. The molecule has 60 heavy (non-hydrogen) atoms. The van der Waals surface area contributed by atoms with E-state index in [9.17, 15) is 9.90 Å². The predicted molar refractivity (Wildman–Crippen MR) is 229 cm³/mol. The molecule has 3 atom stereocenters. The molecule has 0 bridgehead atoms. The lowest BCUT2D eigenvalue weighted by Crippen LogP contribution is -2.51. The fourth-order valence-corrected chi connectivity index (χ4v) is 9.60. The molecule has 6 heterocycles. The number of nitrogens with one attached hydrogen (secondary N) is 1. The molecule has 14 heteroatoms. The third kappa shape index (κ3) is 7.90. The van der Waals surface area contributed by atoms with Gasteiger partial charge in [-0.1, -0.05) is 18.2 Å². The number of anilines is 3. The maximum Gasteiger partial charge on any atom is 0.254 e. The number of alkyl halides is 1. The van der Waals surface area contributed by atoms with Crippen LogP contribution < -0.4 is 20.9 Å². The summed E-state index contributed by atoms with van der Waals surface area (Å²) in [5.74, 6) is -2.40. The molecule has 3 fully saturated rings. The van der Waals surface area contributed by atoms with Crippen molar-refractivity contribution in [3.05, 3.63) is 107 Å². The number of likely N-dealkylation sites (tertiary alicyclic amines) is 2. The molecular weight excluding hydrogens is 768 g/mol. The van der Waals surface area contributed by atoms with Gasteiger partial charge in [0.2, 0.25) is 0 Å². The molecule has 2 unspecified atom stereocenters. The Morgan fingerprint density at radius 2 is 1.77 bits per heavy atom. The number of hydrogen-bond donors (Lipinski definition) is 3. The van der Waals surface area contributed by atoms with Crippen molar-refractivity contribution in [2.24, 2.45) is 0 Å². The van der Waals surface area contributed by atoms with Gasteiger partial charge in [0.25, 0.3) is 5.91 Å². The summed E-state index contributed by atoms with van der Waals surface area (Å²) in [6.45, 7) is 3.67. The van der Waals surface area contributed by atoms with E-state index in [1.54, 1.807) is 42.6 Å². The van der Waals surface area contributed by atoms with Crippen LogP contribution in [0.25, 0.3) is 22.2 Å². The average molecular weight is 822 g/mol. The molecule has 1 amide bonds. The predicted octanol–water partition coefficient (Wildman–Crippen LogP) is 7.52. The Bertz CT molecular complexity index is 2480. The minimum atomic E-state index is -1.48. The third-order valence-corrected chi connectivity index (χ3v) is 12.8. The summed E-state index contributed by atoms with van der Waals surface area (Å²) < 4.78 is 66.7. The summed E-state index contributed by atoms with van der Waals surface area (Å²) in [4.78, 5) is 21.0. The van der Waals surface area contributed by atoms with Gasteiger partial charge in [-0.2, -0.15) is 0 Å². The number of nitrogens with zero attached hydrogens (tertiary/aromatic N) is 7. The SMILES string of the molecule is [2H]C1C=CN(c2ccc3c(c2)c(C)cn3C2CCN(CC3(F)CCN(C(=O)c4cc(F)c(C5CCCN(c6cc(-c7ccccc7O)nnc6N)C5)c(F)c4)CC3)CC2)[C@@H]([2H])N1. The number of aromatic hydroxyl groups is 1. The minimum Gasteiger partial charge on any atom is -0.507 e. The second kappa shape index (κ2) is 16.5. The highest BCUT2D eigenvalue weighted by molar-refractivity contribution is 5.94. The van der Waals surface area contributed by atoms with Crippen molar-refractivity contribution in [3.63, 3.8) is 0 Å². The summed E-state index contributed by atoms with van der Waals surface area (Å²) in [6.07, 6.45) is 8.89. The van der Waals surface area contributed by atoms with Gasteiger partial charge >= 0.3 is 0 Å². The number of rotatable bonds is 8. The quantitative estimate of drug-likeness (QED) is 0.146. The van der Waals surface area contributed by atoms with Crippen molar-refractivity contribution in [2.75, 3.05) is 74.5 Å². The fraction of sp³-hybridized carbons (Fsp3) is 0.413. The number of aryl methyl sites for hydroxylation is 1. The van der Waals surface area contributed by atoms with Crippen molar-refractivity contribution in [1.29, 1.82) is 0 Å². The van der Waals surface area contributed by atoms with E-state index in [2.05, 4.69) is 50.2 Å². The first-order valence-electron chi connectivity index (χ1n) is 22.0. The van der Waals surface area contributed by atoms with Crippen LogP contribution in [-0.4, -0.2) is 100 Å². The number of benzene rings is 3. The molecule has 4 aliphatic rings. The van der Waals surface area contributed by atoms with E-state index in [1.165, 1.54) is 4.90 Å². The van der Waals surface area contributed by atoms with Gasteiger partial charge < -0.3 is 35.0 Å². The average Bonchev–Trinajstić information content (AvgIpc) is 3.59. The van der Waals surface area contributed by atoms with Crippen LogP contribution in [0.3, 0.4) is 0 Å². The van der Waals surface area contributed by atoms with E-state index in [0.29, 0.717) is 36.3 Å². The smallest absolute Gasteiger partial charge is 0.254 e. The molecule has 314 valence electrons. The van der Waals surface area contributed by atoms with Gasteiger partial charge in [-0.15, -0.1) is 10.2 Å². The topological polar surface area (TPSA) is 119 Å². The number of halogens is 3. The number of para-hydroxylation sites is 1. The van der Waals surface area contributed by atoms with Crippen LogP contribution in [-0.2, 0) is 0 Å². The summed E-state index contributed by atoms with van der Waals surface area (Å²) in [5, 5.41) is 22.6. The van der Waals surface area contributed by atoms with E-state index < -0.39 is 42.3 Å². The zero-order valence-corrected chi connectivity index (χ0v) is 33.7. The first-order valence-corrected chi connectivity index (χ1v) is 20.9. The summed E-state index contributed by atoms with van der Waals surface area (Å²) in [6, 6.07) is 17.2. The maximum atomic E-state index is 16.4. The molecule has 5 aromatic rings. The normalized spacial score (nSPS) is 23.2. The van der Waals surface area contributed by atoms with Crippen molar-refractivity contribution >= 4 is 34.0 Å². The fourth-order valence-electron chi connectivity index (χ4n) is 9.60. The lowest BCUT2D eigenvalue weighted by atomic mass is 9.88. The Balaban J connectivity index is 0.796. The van der Waals surface area contributed by atoms with E-state index in [-0.39, 0.29) is 67.8 Å². The van der Waals surface area contributed by atoms with E-state index in [1.807, 2.05) is 15.9 Å². The van der Waals surface area contributed by atoms with Crippen LogP contribution >= 0.6 is 0 Å². The molecule has 4 aliphatic heterocycles. The molecule has 0 saturated carbocycles. The summed E-state index contributed by atoms with van der Waals surface area (Å²) in [7, 11) is 0. The molecule has 9 rings (SSSR count). The van der Waals surface area contributed by atoms with Gasteiger partial charge in [-0.3, -0.25) is 10.1 Å². The molecule has 0 radical (unpaired) electrons. The van der Waals surface area contributed by atoms with E-state index in [4.69, 9.17) is 8.48 Å². The molecule has 11 nitrogen and oxygen atoms in total. The van der Waals surface area contributed by atoms with Crippen molar-refractivity contribution < 1.29 is 25.8 Å². The minimum absolute atomic E-state index is 0.0433. The Morgan fingerprint density at radius 3 is 2.52 bits per heavy atom. The molecular formula is C46H52F3N9O2. The standard InChI is InChI=1S/C46H52F3N9O2/c1-30-26-58(40-10-9-34(24-36(30)40)57-17-5-15-51-29-57)33-11-18-54(19-12-33)28-46(49)13-20-55(21-14-46)45(60)32-22-37(47)43(38(48)23-32)31-6-4-16-56(27-31)41-25-39(52-53-44(41)50)35-7-2-3-8-42(35)59/h2-3,5,7-10,17,22-26,31,33,51,59H,4,6,11-16,18-21,27-29H2,1H3,(H2,50,53)/i15D,29D/t15?,29-,31?/m0/s1. The van der Waals surface area contributed by atoms with Gasteiger partial charge in [-0.25, -0.2) is 13.2 Å². The second-order valence-electron chi connectivity index (χ2n) is 16.7. The number of piperidine rings is 3. The Morgan fingerprint density at radius 1 is 1.00 bits per heavy atom. The Labute approximate surface area is 351 Å². The van der Waals surface area contributed by atoms with Gasteiger partial charge in [0.1, 0.15) is 23.1 Å². The van der Waals surface area contributed by atoms with E-state index >= 15 is 13.2 Å². The number of nitrogens with two attached hydrogens (primary N) is 1. The first kappa shape index (κ1) is 37.4. The number of fused-ring (bicyclic) bond motifs is 1. The largest absolute Gasteiger partial charge is 0.507 e. The molecule has 2 aromatic heterocycles. The number of amides is 1. The number of carbonyl (C=O) groups is 1. The van der Waals surface area contributed by atoms with Gasteiger partial charge in [0.05, 0.1) is 19.4 Å². The monoisotopic (exact) mass is 821 g/mol. The zero-order chi connectivity index (χ0) is 43.3. The van der Waals surface area contributed by atoms with Crippen LogP contribution in [0.2, 0.25) is 0 Å².